The lowest BCUT2D eigenvalue weighted by molar-refractivity contribution is -0.118. The Morgan fingerprint density at radius 2 is 2.00 bits per heavy atom. The van der Waals surface area contributed by atoms with Gasteiger partial charge in [0.1, 0.15) is 11.9 Å². The number of benzene rings is 2. The summed E-state index contributed by atoms with van der Waals surface area (Å²) >= 11 is 3.40. The predicted molar refractivity (Wildman–Crippen MR) is 80.8 cm³/mol. The lowest BCUT2D eigenvalue weighted by Crippen LogP contribution is -2.28. The van der Waals surface area contributed by atoms with Crippen molar-refractivity contribution in [3.8, 4) is 0 Å². The van der Waals surface area contributed by atoms with E-state index in [0.29, 0.717) is 11.1 Å². The quantitative estimate of drug-likeness (QED) is 0.897. The van der Waals surface area contributed by atoms with Crippen LogP contribution in [0.1, 0.15) is 17.2 Å². The van der Waals surface area contributed by atoms with E-state index in [1.54, 1.807) is 19.1 Å². The van der Waals surface area contributed by atoms with E-state index >= 15 is 0 Å². The fourth-order valence-corrected chi connectivity index (χ4v) is 2.30. The smallest absolute Gasteiger partial charge is 0.244 e. The standard InChI is InChI=1S/C15H14BrFN2O/c1-9-8-10(6-7-12(9)17)14(15(18)20)19-13-5-3-2-4-11(13)16/h2-8,14,19H,1H3,(H2,18,20). The third kappa shape index (κ3) is 3.17. The van der Waals surface area contributed by atoms with Crippen molar-refractivity contribution in [1.29, 1.82) is 0 Å². The molecule has 3 N–H and O–H groups in total. The number of nitrogens with one attached hydrogen (secondary N) is 1. The molecule has 0 heterocycles. The molecule has 3 nitrogen and oxygen atoms in total. The molecule has 0 saturated carbocycles. The van der Waals surface area contributed by atoms with Crippen molar-refractivity contribution in [3.05, 3.63) is 63.9 Å². The summed E-state index contributed by atoms with van der Waals surface area (Å²) in [6.07, 6.45) is 0. The number of aryl methyl sites for hydroxylation is 1. The lowest BCUT2D eigenvalue weighted by Gasteiger charge is -2.18. The average molecular weight is 337 g/mol. The zero-order valence-electron chi connectivity index (χ0n) is 10.9. The first-order valence-corrected chi connectivity index (χ1v) is 6.85. The first-order chi connectivity index (χ1) is 9.49. The average Bonchev–Trinajstić information content (AvgIpc) is 2.41. The zero-order chi connectivity index (χ0) is 14.7. The van der Waals surface area contributed by atoms with Gasteiger partial charge in [0, 0.05) is 10.2 Å². The maximum absolute atomic E-state index is 13.3. The van der Waals surface area contributed by atoms with E-state index in [4.69, 9.17) is 5.73 Å². The van der Waals surface area contributed by atoms with Crippen LogP contribution in [0.25, 0.3) is 0 Å². The second kappa shape index (κ2) is 6.05. The number of halogens is 2. The van der Waals surface area contributed by atoms with Gasteiger partial charge in [0.15, 0.2) is 0 Å². The largest absolute Gasteiger partial charge is 0.369 e. The third-order valence-corrected chi connectivity index (χ3v) is 3.67. The first-order valence-electron chi connectivity index (χ1n) is 6.05. The Balaban J connectivity index is 2.34. The van der Waals surface area contributed by atoms with E-state index in [9.17, 15) is 9.18 Å². The van der Waals surface area contributed by atoms with Crippen LogP contribution in [0.5, 0.6) is 0 Å². The Bertz CT molecular complexity index is 646. The predicted octanol–water partition coefficient (Wildman–Crippen LogP) is 3.54. The van der Waals surface area contributed by atoms with Crippen LogP contribution in [-0.4, -0.2) is 5.91 Å². The summed E-state index contributed by atoms with van der Waals surface area (Å²) in [7, 11) is 0. The lowest BCUT2D eigenvalue weighted by atomic mass is 10.0. The van der Waals surface area contributed by atoms with Crippen LogP contribution in [0.4, 0.5) is 10.1 Å². The van der Waals surface area contributed by atoms with Crippen LogP contribution >= 0.6 is 15.9 Å². The number of nitrogens with two attached hydrogens (primary N) is 1. The van der Waals surface area contributed by atoms with E-state index in [2.05, 4.69) is 21.2 Å². The molecule has 0 spiro atoms. The highest BCUT2D eigenvalue weighted by Gasteiger charge is 2.19. The van der Waals surface area contributed by atoms with Crippen LogP contribution in [0.3, 0.4) is 0 Å². The SMILES string of the molecule is Cc1cc(C(Nc2ccccc2Br)C(N)=O)ccc1F. The van der Waals surface area contributed by atoms with Gasteiger partial charge >= 0.3 is 0 Å². The summed E-state index contributed by atoms with van der Waals surface area (Å²) in [5.41, 5.74) is 7.30. The molecule has 0 aliphatic heterocycles. The number of para-hydroxylation sites is 1. The Kier molecular flexibility index (Phi) is 4.39. The minimum atomic E-state index is -0.715. The number of carbonyl (C=O) groups is 1. The number of anilines is 1. The molecule has 0 fully saturated rings. The van der Waals surface area contributed by atoms with Crippen molar-refractivity contribution in [2.24, 2.45) is 5.73 Å². The Labute approximate surface area is 125 Å². The van der Waals surface area contributed by atoms with Crippen LogP contribution in [0.15, 0.2) is 46.9 Å². The summed E-state index contributed by atoms with van der Waals surface area (Å²) in [5, 5.41) is 3.07. The van der Waals surface area contributed by atoms with Crippen molar-refractivity contribution < 1.29 is 9.18 Å². The van der Waals surface area contributed by atoms with E-state index in [0.717, 1.165) is 10.2 Å². The van der Waals surface area contributed by atoms with Crippen LogP contribution in [0, 0.1) is 12.7 Å². The number of amides is 1. The summed E-state index contributed by atoms with van der Waals surface area (Å²) in [5.74, 6) is -0.829. The fourth-order valence-electron chi connectivity index (χ4n) is 1.90. The number of hydrogen-bond donors (Lipinski definition) is 2. The van der Waals surface area contributed by atoms with Crippen LogP contribution in [0.2, 0.25) is 0 Å². The molecule has 5 heteroatoms. The molecule has 104 valence electrons. The van der Waals surface area contributed by atoms with Crippen molar-refractivity contribution in [3.63, 3.8) is 0 Å². The highest BCUT2D eigenvalue weighted by Crippen LogP contribution is 2.27. The van der Waals surface area contributed by atoms with Gasteiger partial charge in [0.2, 0.25) is 5.91 Å². The maximum Gasteiger partial charge on any atom is 0.244 e. The summed E-state index contributed by atoms with van der Waals surface area (Å²) in [6, 6.07) is 11.2. The molecule has 0 aliphatic carbocycles. The van der Waals surface area contributed by atoms with Crippen LogP contribution in [-0.2, 0) is 4.79 Å². The molecule has 0 bridgehead atoms. The summed E-state index contributed by atoms with van der Waals surface area (Å²) in [6.45, 7) is 1.65. The van der Waals surface area contributed by atoms with Gasteiger partial charge in [-0.15, -0.1) is 0 Å². The highest BCUT2D eigenvalue weighted by molar-refractivity contribution is 9.10. The van der Waals surface area contributed by atoms with Gasteiger partial charge in [0.25, 0.3) is 0 Å². The summed E-state index contributed by atoms with van der Waals surface area (Å²) in [4.78, 5) is 11.7. The van der Waals surface area contributed by atoms with E-state index in [-0.39, 0.29) is 5.82 Å². The molecule has 20 heavy (non-hydrogen) atoms. The highest BCUT2D eigenvalue weighted by atomic mass is 79.9. The third-order valence-electron chi connectivity index (χ3n) is 2.97. The number of hydrogen-bond acceptors (Lipinski definition) is 2. The topological polar surface area (TPSA) is 55.1 Å². The molecule has 0 aliphatic rings. The Hall–Kier alpha value is -1.88. The van der Waals surface area contributed by atoms with E-state index in [1.165, 1.54) is 6.07 Å². The second-order valence-electron chi connectivity index (χ2n) is 4.47. The fraction of sp³-hybridized carbons (Fsp3) is 0.133. The second-order valence-corrected chi connectivity index (χ2v) is 5.32. The maximum atomic E-state index is 13.3. The Morgan fingerprint density at radius 1 is 1.30 bits per heavy atom. The van der Waals surface area contributed by atoms with Gasteiger partial charge in [-0.2, -0.15) is 0 Å². The molecule has 0 saturated heterocycles. The molecule has 1 unspecified atom stereocenters. The van der Waals surface area contributed by atoms with Gasteiger partial charge in [-0.1, -0.05) is 24.3 Å². The molecule has 2 rings (SSSR count). The molecule has 0 aromatic heterocycles. The van der Waals surface area contributed by atoms with Crippen molar-refractivity contribution in [2.45, 2.75) is 13.0 Å². The molecule has 2 aromatic rings. The van der Waals surface area contributed by atoms with E-state index in [1.807, 2.05) is 24.3 Å². The van der Waals surface area contributed by atoms with Gasteiger partial charge in [-0.25, -0.2) is 4.39 Å². The summed E-state index contributed by atoms with van der Waals surface area (Å²) < 4.78 is 14.1. The van der Waals surface area contributed by atoms with Gasteiger partial charge in [-0.3, -0.25) is 4.79 Å². The monoisotopic (exact) mass is 336 g/mol. The van der Waals surface area contributed by atoms with Crippen molar-refractivity contribution in [2.75, 3.05) is 5.32 Å². The first kappa shape index (κ1) is 14.5. The zero-order valence-corrected chi connectivity index (χ0v) is 12.4. The number of primary amides is 1. The van der Waals surface area contributed by atoms with Crippen LogP contribution < -0.4 is 11.1 Å². The molecular formula is C15H14BrFN2O. The molecular weight excluding hydrogens is 323 g/mol. The Morgan fingerprint density at radius 3 is 2.60 bits per heavy atom. The molecule has 1 amide bonds. The number of carbonyl (C=O) groups excluding carboxylic acids is 1. The van der Waals surface area contributed by atoms with Gasteiger partial charge in [0.05, 0.1) is 0 Å². The van der Waals surface area contributed by atoms with Gasteiger partial charge < -0.3 is 11.1 Å². The minimum absolute atomic E-state index is 0.308. The molecule has 1 atom stereocenters. The van der Waals surface area contributed by atoms with Crippen molar-refractivity contribution >= 4 is 27.5 Å². The minimum Gasteiger partial charge on any atom is -0.369 e. The normalized spacial score (nSPS) is 11.9. The molecule has 2 aromatic carbocycles. The van der Waals surface area contributed by atoms with Gasteiger partial charge in [-0.05, 0) is 52.2 Å². The molecule has 0 radical (unpaired) electrons. The van der Waals surface area contributed by atoms with Crippen molar-refractivity contribution in [1.82, 2.24) is 0 Å². The van der Waals surface area contributed by atoms with E-state index < -0.39 is 11.9 Å². The number of rotatable bonds is 4.